The van der Waals surface area contributed by atoms with Gasteiger partial charge in [-0.15, -0.1) is 0 Å². The maximum atomic E-state index is 13.1. The van der Waals surface area contributed by atoms with Crippen LogP contribution >= 0.6 is 0 Å². The topological polar surface area (TPSA) is 73.6 Å². The number of nitrogens with one attached hydrogen (secondary N) is 1. The second-order valence-corrected chi connectivity index (χ2v) is 5.41. The normalized spacial score (nSPS) is 20.3. The standard InChI is InChI=1S/C14H16F2N2O3/c15-14(16)3-1-8(2-4-14)13(19)18-10-6-12-11(5-9(10)17)20-7-21-12/h5-6,8H,1-4,7,17H2,(H,18,19). The number of hydrogen-bond donors (Lipinski definition) is 2. The van der Waals surface area contributed by atoms with Crippen LogP contribution in [0.2, 0.25) is 0 Å². The van der Waals surface area contributed by atoms with Crippen LogP contribution in [0.15, 0.2) is 12.1 Å². The van der Waals surface area contributed by atoms with Crippen LogP contribution in [-0.4, -0.2) is 18.6 Å². The van der Waals surface area contributed by atoms with Gasteiger partial charge in [0.1, 0.15) is 0 Å². The molecule has 3 rings (SSSR count). The van der Waals surface area contributed by atoms with Gasteiger partial charge in [-0.2, -0.15) is 0 Å². The molecule has 0 aromatic heterocycles. The van der Waals surface area contributed by atoms with Crippen molar-refractivity contribution in [1.82, 2.24) is 0 Å². The molecule has 2 aliphatic rings. The predicted octanol–water partition coefficient (Wildman–Crippen LogP) is 2.76. The van der Waals surface area contributed by atoms with Crippen molar-refractivity contribution in [2.45, 2.75) is 31.6 Å². The third-order valence-electron chi connectivity index (χ3n) is 3.89. The van der Waals surface area contributed by atoms with Crippen LogP contribution in [0.25, 0.3) is 0 Å². The molecular formula is C14H16F2N2O3. The van der Waals surface area contributed by atoms with Crippen molar-refractivity contribution in [2.75, 3.05) is 17.8 Å². The van der Waals surface area contributed by atoms with Gasteiger partial charge in [-0.25, -0.2) is 8.78 Å². The molecule has 1 aliphatic heterocycles. The van der Waals surface area contributed by atoms with E-state index < -0.39 is 11.8 Å². The molecule has 0 bridgehead atoms. The number of amides is 1. The molecule has 21 heavy (non-hydrogen) atoms. The molecule has 0 atom stereocenters. The number of carbonyl (C=O) groups is 1. The molecule has 1 saturated carbocycles. The molecule has 7 heteroatoms. The van der Waals surface area contributed by atoms with Crippen LogP contribution in [-0.2, 0) is 4.79 Å². The van der Waals surface area contributed by atoms with Gasteiger partial charge in [0.2, 0.25) is 18.6 Å². The fourth-order valence-electron chi connectivity index (χ4n) is 2.60. The quantitative estimate of drug-likeness (QED) is 0.823. The summed E-state index contributed by atoms with van der Waals surface area (Å²) in [7, 11) is 0. The van der Waals surface area contributed by atoms with Crippen LogP contribution in [0.5, 0.6) is 11.5 Å². The van der Waals surface area contributed by atoms with Crippen LogP contribution in [0.1, 0.15) is 25.7 Å². The van der Waals surface area contributed by atoms with E-state index in [4.69, 9.17) is 15.2 Å². The summed E-state index contributed by atoms with van der Waals surface area (Å²) in [6.07, 6.45) is -0.129. The van der Waals surface area contributed by atoms with Gasteiger partial charge in [0.05, 0.1) is 11.4 Å². The highest BCUT2D eigenvalue weighted by Gasteiger charge is 2.37. The van der Waals surface area contributed by atoms with Gasteiger partial charge in [0.15, 0.2) is 11.5 Å². The summed E-state index contributed by atoms with van der Waals surface area (Å²) < 4.78 is 36.6. The number of benzene rings is 1. The lowest BCUT2D eigenvalue weighted by atomic mass is 9.86. The van der Waals surface area contributed by atoms with Crippen molar-refractivity contribution in [3.05, 3.63) is 12.1 Å². The molecule has 0 radical (unpaired) electrons. The minimum atomic E-state index is -2.64. The number of anilines is 2. The zero-order valence-electron chi connectivity index (χ0n) is 11.3. The molecule has 1 heterocycles. The zero-order chi connectivity index (χ0) is 15.0. The van der Waals surface area contributed by atoms with E-state index in [-0.39, 0.29) is 38.4 Å². The first-order chi connectivity index (χ1) is 9.94. The van der Waals surface area contributed by atoms with Gasteiger partial charge in [-0.1, -0.05) is 0 Å². The molecule has 114 valence electrons. The Hall–Kier alpha value is -2.05. The summed E-state index contributed by atoms with van der Waals surface area (Å²) >= 11 is 0. The lowest BCUT2D eigenvalue weighted by molar-refractivity contribution is -0.124. The Balaban J connectivity index is 1.68. The van der Waals surface area contributed by atoms with Gasteiger partial charge >= 0.3 is 0 Å². The molecule has 1 amide bonds. The van der Waals surface area contributed by atoms with Gasteiger partial charge in [0.25, 0.3) is 0 Å². The number of ether oxygens (including phenoxy) is 2. The van der Waals surface area contributed by atoms with E-state index in [2.05, 4.69) is 5.32 Å². The smallest absolute Gasteiger partial charge is 0.248 e. The van der Waals surface area contributed by atoms with Crippen molar-refractivity contribution in [2.24, 2.45) is 5.92 Å². The molecule has 0 saturated heterocycles. The first-order valence-electron chi connectivity index (χ1n) is 6.82. The Kier molecular flexibility index (Phi) is 3.35. The highest BCUT2D eigenvalue weighted by atomic mass is 19.3. The first-order valence-corrected chi connectivity index (χ1v) is 6.82. The maximum Gasteiger partial charge on any atom is 0.248 e. The molecular weight excluding hydrogens is 282 g/mol. The SMILES string of the molecule is Nc1cc2c(cc1NC(=O)C1CCC(F)(F)CC1)OCO2. The monoisotopic (exact) mass is 298 g/mol. The molecule has 0 unspecified atom stereocenters. The fourth-order valence-corrected chi connectivity index (χ4v) is 2.60. The van der Waals surface area contributed by atoms with Gasteiger partial charge in [0, 0.05) is 30.9 Å². The van der Waals surface area contributed by atoms with E-state index >= 15 is 0 Å². The number of fused-ring (bicyclic) bond motifs is 1. The third kappa shape index (κ3) is 2.86. The minimum Gasteiger partial charge on any atom is -0.454 e. The Bertz CT molecular complexity index is 568. The molecule has 0 spiro atoms. The molecule has 1 fully saturated rings. The van der Waals surface area contributed by atoms with Crippen LogP contribution in [0, 0.1) is 5.92 Å². The van der Waals surface area contributed by atoms with Crippen molar-refractivity contribution < 1.29 is 23.0 Å². The molecule has 1 aromatic carbocycles. The number of carbonyl (C=O) groups excluding carboxylic acids is 1. The first kappa shape index (κ1) is 13.9. The lowest BCUT2D eigenvalue weighted by Crippen LogP contribution is -2.31. The summed E-state index contributed by atoms with van der Waals surface area (Å²) in [4.78, 5) is 12.1. The number of alkyl halides is 2. The number of nitrogens with two attached hydrogens (primary N) is 1. The van der Waals surface area contributed by atoms with E-state index in [1.54, 1.807) is 12.1 Å². The average Bonchev–Trinajstić information content (AvgIpc) is 2.86. The van der Waals surface area contributed by atoms with Crippen molar-refractivity contribution in [3.8, 4) is 11.5 Å². The Labute approximate surface area is 120 Å². The van der Waals surface area contributed by atoms with Crippen molar-refractivity contribution >= 4 is 17.3 Å². The van der Waals surface area contributed by atoms with E-state index in [1.807, 2.05) is 0 Å². The number of hydrogen-bond acceptors (Lipinski definition) is 4. The largest absolute Gasteiger partial charge is 0.454 e. The molecule has 1 aliphatic carbocycles. The van der Waals surface area contributed by atoms with Crippen molar-refractivity contribution in [3.63, 3.8) is 0 Å². The van der Waals surface area contributed by atoms with Gasteiger partial charge in [-0.05, 0) is 12.8 Å². The van der Waals surface area contributed by atoms with Gasteiger partial charge < -0.3 is 20.5 Å². The van der Waals surface area contributed by atoms with E-state index in [0.717, 1.165) is 0 Å². The Morgan fingerprint density at radius 1 is 1.24 bits per heavy atom. The third-order valence-corrected chi connectivity index (χ3v) is 3.89. The number of rotatable bonds is 2. The number of nitrogen functional groups attached to an aromatic ring is 1. The molecule has 5 nitrogen and oxygen atoms in total. The predicted molar refractivity (Wildman–Crippen MR) is 72.5 cm³/mol. The van der Waals surface area contributed by atoms with Crippen molar-refractivity contribution in [1.29, 1.82) is 0 Å². The highest BCUT2D eigenvalue weighted by molar-refractivity contribution is 5.96. The zero-order valence-corrected chi connectivity index (χ0v) is 11.3. The van der Waals surface area contributed by atoms with Crippen LogP contribution in [0.3, 0.4) is 0 Å². The van der Waals surface area contributed by atoms with Crippen LogP contribution < -0.4 is 20.5 Å². The summed E-state index contributed by atoms with van der Waals surface area (Å²) in [6, 6.07) is 3.17. The van der Waals surface area contributed by atoms with E-state index in [1.165, 1.54) is 0 Å². The summed E-state index contributed by atoms with van der Waals surface area (Å²) in [5, 5.41) is 2.69. The second-order valence-electron chi connectivity index (χ2n) is 5.41. The maximum absolute atomic E-state index is 13.1. The highest BCUT2D eigenvalue weighted by Crippen LogP contribution is 2.40. The number of halogens is 2. The Morgan fingerprint density at radius 2 is 1.86 bits per heavy atom. The fraction of sp³-hybridized carbons (Fsp3) is 0.500. The molecule has 3 N–H and O–H groups in total. The summed E-state index contributed by atoms with van der Waals surface area (Å²) in [5.41, 5.74) is 6.62. The van der Waals surface area contributed by atoms with Crippen LogP contribution in [0.4, 0.5) is 20.2 Å². The summed E-state index contributed by atoms with van der Waals surface area (Å²) in [5.74, 6) is -2.29. The van der Waals surface area contributed by atoms with E-state index in [9.17, 15) is 13.6 Å². The van der Waals surface area contributed by atoms with Gasteiger partial charge in [-0.3, -0.25) is 4.79 Å². The lowest BCUT2D eigenvalue weighted by Gasteiger charge is -2.27. The molecule has 1 aromatic rings. The summed E-state index contributed by atoms with van der Waals surface area (Å²) in [6.45, 7) is 0.115. The second kappa shape index (κ2) is 5.05. The van der Waals surface area contributed by atoms with E-state index in [0.29, 0.717) is 22.9 Å². The Morgan fingerprint density at radius 3 is 2.52 bits per heavy atom. The minimum absolute atomic E-state index is 0.115. The average molecular weight is 298 g/mol.